The van der Waals surface area contributed by atoms with Crippen LogP contribution in [0.25, 0.3) is 49.2 Å². The molecule has 3 heteroatoms. The van der Waals surface area contributed by atoms with Crippen molar-refractivity contribution < 1.29 is 0 Å². The van der Waals surface area contributed by atoms with Crippen LogP contribution in [0.5, 0.6) is 0 Å². The van der Waals surface area contributed by atoms with Gasteiger partial charge < -0.3 is 4.40 Å². The number of rotatable bonds is 0. The number of hydrogen-bond acceptors (Lipinski definition) is 2. The van der Waals surface area contributed by atoms with Gasteiger partial charge in [-0.05, 0) is 142 Å². The quantitative estimate of drug-likeness (QED) is 0.154. The van der Waals surface area contributed by atoms with Gasteiger partial charge >= 0.3 is 0 Å². The summed E-state index contributed by atoms with van der Waals surface area (Å²) in [6, 6.07) is 8.15. The summed E-state index contributed by atoms with van der Waals surface area (Å²) < 4.78 is 2.69. The summed E-state index contributed by atoms with van der Waals surface area (Å²) in [4.78, 5) is 11.4. The van der Waals surface area contributed by atoms with Gasteiger partial charge in [-0.3, -0.25) is 9.97 Å². The highest BCUT2D eigenvalue weighted by Gasteiger charge is 2.62. The molecular weight excluding hydrogens is 715 g/mol. The zero-order valence-corrected chi connectivity index (χ0v) is 38.9. The van der Waals surface area contributed by atoms with E-state index in [1.165, 1.54) is 135 Å². The summed E-state index contributed by atoms with van der Waals surface area (Å²) in [7, 11) is 0. The molecule has 0 amide bonds. The summed E-state index contributed by atoms with van der Waals surface area (Å²) in [6.07, 6.45) is 16.6. The average molecular weight is 784 g/mol. The third-order valence-electron chi connectivity index (χ3n) is 18.8. The van der Waals surface area contributed by atoms with E-state index in [0.717, 1.165) is 17.8 Å². The van der Waals surface area contributed by atoms with Crippen molar-refractivity contribution in [2.75, 3.05) is 0 Å². The first-order chi connectivity index (χ1) is 27.5. The lowest BCUT2D eigenvalue weighted by atomic mass is 9.41. The van der Waals surface area contributed by atoms with Crippen LogP contribution in [0.4, 0.5) is 0 Å². The maximum atomic E-state index is 5.78. The highest BCUT2D eigenvalue weighted by atomic mass is 15.0. The van der Waals surface area contributed by atoms with Crippen molar-refractivity contribution in [2.24, 2.45) is 22.7 Å². The molecule has 308 valence electrons. The molecule has 2 unspecified atom stereocenters. The van der Waals surface area contributed by atoms with E-state index in [0.29, 0.717) is 5.92 Å². The molecule has 2 aromatic carbocycles. The minimum Gasteiger partial charge on any atom is -0.305 e. The van der Waals surface area contributed by atoms with E-state index < -0.39 is 0 Å². The van der Waals surface area contributed by atoms with Crippen molar-refractivity contribution in [3.63, 3.8) is 0 Å². The van der Waals surface area contributed by atoms with Gasteiger partial charge in [0.15, 0.2) is 0 Å². The predicted molar refractivity (Wildman–Crippen MR) is 248 cm³/mol. The monoisotopic (exact) mass is 784 g/mol. The minimum absolute atomic E-state index is 0.0578. The van der Waals surface area contributed by atoms with E-state index >= 15 is 0 Å². The Morgan fingerprint density at radius 2 is 1.05 bits per heavy atom. The van der Waals surface area contributed by atoms with E-state index in [2.05, 4.69) is 132 Å². The summed E-state index contributed by atoms with van der Waals surface area (Å²) in [5.41, 5.74) is 19.1. The first kappa shape index (κ1) is 37.3. The maximum absolute atomic E-state index is 5.78. The zero-order valence-electron chi connectivity index (χ0n) is 38.9. The normalized spacial score (nSPS) is 29.5. The number of pyridine rings is 2. The molecule has 3 nitrogen and oxygen atoms in total. The Kier molecular flexibility index (Phi) is 6.80. The lowest BCUT2D eigenvalue weighted by molar-refractivity contribution is 0.00967. The summed E-state index contributed by atoms with van der Waals surface area (Å²) in [6.45, 7) is 34.8. The van der Waals surface area contributed by atoms with Crippen molar-refractivity contribution in [1.82, 2.24) is 14.4 Å². The van der Waals surface area contributed by atoms with Crippen LogP contribution in [0.1, 0.15) is 211 Å². The molecular formula is C56H69N3. The van der Waals surface area contributed by atoms with Gasteiger partial charge in [0.05, 0.1) is 40.3 Å². The van der Waals surface area contributed by atoms with Crippen LogP contribution in [-0.4, -0.2) is 14.4 Å². The van der Waals surface area contributed by atoms with Gasteiger partial charge in [-0.1, -0.05) is 115 Å². The third kappa shape index (κ3) is 4.33. The number of benzene rings is 2. The highest BCUT2D eigenvalue weighted by Crippen LogP contribution is 2.69. The molecule has 4 heterocycles. The van der Waals surface area contributed by atoms with Crippen LogP contribution in [0.2, 0.25) is 0 Å². The Hall–Kier alpha value is -3.46. The fourth-order valence-electron chi connectivity index (χ4n) is 15.7. The van der Waals surface area contributed by atoms with Crippen LogP contribution in [0.15, 0.2) is 30.6 Å². The average Bonchev–Trinajstić information content (AvgIpc) is 3.70. The largest absolute Gasteiger partial charge is 0.305 e. The lowest BCUT2D eigenvalue weighted by Gasteiger charge is -2.62. The highest BCUT2D eigenvalue weighted by molar-refractivity contribution is 6.29. The number of fused-ring (bicyclic) bond motifs is 12. The second kappa shape index (κ2) is 10.8. The Morgan fingerprint density at radius 3 is 1.59 bits per heavy atom. The van der Waals surface area contributed by atoms with Gasteiger partial charge in [0, 0.05) is 43.4 Å². The molecule has 0 radical (unpaired) electrons. The smallest absolute Gasteiger partial charge is 0.0732 e. The summed E-state index contributed by atoms with van der Waals surface area (Å²) in [5, 5.41) is 5.90. The van der Waals surface area contributed by atoms with Gasteiger partial charge in [-0.25, -0.2) is 0 Å². The minimum atomic E-state index is -0.163. The molecule has 14 rings (SSSR count). The maximum Gasteiger partial charge on any atom is 0.0732 e. The van der Waals surface area contributed by atoms with Gasteiger partial charge in [-0.15, -0.1) is 0 Å². The molecule has 6 bridgehead atoms. The van der Waals surface area contributed by atoms with Crippen LogP contribution < -0.4 is 0 Å². The Balaban J connectivity index is 1.28. The first-order valence-corrected chi connectivity index (χ1v) is 23.8. The topological polar surface area (TPSA) is 30.2 Å². The SMILES string of the molecule is CC(C)(C)c1cc(C(C)(C)C)c2c3c4c(ncc3n3c5cnc6c(c5c1c23)-c1cc2c(cc1C6(C)C)C1CC3CC(CC2C3)C1)C1(C(C)(C)C)CCC4(C(C)(C)C)CC1. The van der Waals surface area contributed by atoms with Gasteiger partial charge in [0.2, 0.25) is 0 Å². The van der Waals surface area contributed by atoms with Gasteiger partial charge in [0.25, 0.3) is 0 Å². The van der Waals surface area contributed by atoms with Crippen molar-refractivity contribution >= 4 is 38.1 Å². The fourth-order valence-corrected chi connectivity index (χ4v) is 15.7. The van der Waals surface area contributed by atoms with Crippen LogP contribution in [0.3, 0.4) is 0 Å². The molecule has 0 aliphatic heterocycles. The van der Waals surface area contributed by atoms with E-state index in [1.54, 1.807) is 16.7 Å². The molecule has 0 spiro atoms. The van der Waals surface area contributed by atoms with Gasteiger partial charge in [0.1, 0.15) is 0 Å². The van der Waals surface area contributed by atoms with E-state index in [1.807, 2.05) is 0 Å². The molecule has 6 aromatic rings. The number of nitrogens with zero attached hydrogens (tertiary/aromatic N) is 3. The van der Waals surface area contributed by atoms with Crippen molar-refractivity contribution in [3.05, 3.63) is 75.4 Å². The Bertz CT molecular complexity index is 2830. The predicted octanol–water partition coefficient (Wildman–Crippen LogP) is 15.1. The summed E-state index contributed by atoms with van der Waals surface area (Å²) >= 11 is 0. The summed E-state index contributed by atoms with van der Waals surface area (Å²) in [5.74, 6) is 3.28. The molecule has 4 aromatic heterocycles. The van der Waals surface area contributed by atoms with Crippen molar-refractivity contribution in [2.45, 2.75) is 194 Å². The number of aromatic nitrogens is 3. The Labute approximate surface area is 353 Å². The molecule has 3 fully saturated rings. The van der Waals surface area contributed by atoms with Crippen molar-refractivity contribution in [1.29, 1.82) is 0 Å². The molecule has 59 heavy (non-hydrogen) atoms. The van der Waals surface area contributed by atoms with Crippen LogP contribution >= 0.6 is 0 Å². The second-order valence-electron chi connectivity index (χ2n) is 26.0. The van der Waals surface area contributed by atoms with E-state index in [9.17, 15) is 0 Å². The molecule has 8 aliphatic carbocycles. The van der Waals surface area contributed by atoms with Crippen molar-refractivity contribution in [3.8, 4) is 11.1 Å². The third-order valence-corrected chi connectivity index (χ3v) is 18.8. The Morgan fingerprint density at radius 1 is 0.559 bits per heavy atom. The van der Waals surface area contributed by atoms with E-state index in [-0.39, 0.29) is 37.9 Å². The molecule has 3 saturated carbocycles. The molecule has 2 atom stereocenters. The van der Waals surface area contributed by atoms with Crippen LogP contribution in [-0.2, 0) is 27.1 Å². The standard InChI is InChI=1S/C56H69N3/c1-50(2,3)37-26-38(51(4,5)6)43-45-40(28-58-49-46(45)55(52(7,8)9)15-17-56(49,18-16-55)53(10,11)12)59-39-27-57-48-41(44(39)42(37)47(43)59)35-24-33-31-20-29-19-30(21-31)23-32(22-29)34(33)25-36(35)54(48,13)14/h24-32H,15-23H2,1-14H3. The van der Waals surface area contributed by atoms with E-state index in [4.69, 9.17) is 9.97 Å². The molecule has 0 saturated heterocycles. The second-order valence-corrected chi connectivity index (χ2v) is 26.0. The fraction of sp³-hybridized carbons (Fsp3) is 0.607. The van der Waals surface area contributed by atoms with Gasteiger partial charge in [-0.2, -0.15) is 0 Å². The zero-order chi connectivity index (χ0) is 41.5. The number of hydrogen-bond donors (Lipinski definition) is 0. The lowest BCUT2D eigenvalue weighted by Crippen LogP contribution is -2.57. The molecule has 8 aliphatic rings. The first-order valence-electron chi connectivity index (χ1n) is 23.8. The van der Waals surface area contributed by atoms with Crippen LogP contribution in [0, 0.1) is 22.7 Å². The molecule has 0 N–H and O–H groups in total.